The van der Waals surface area contributed by atoms with E-state index in [1.165, 1.54) is 12.8 Å². The van der Waals surface area contributed by atoms with Gasteiger partial charge in [-0.15, -0.1) is 0 Å². The zero-order chi connectivity index (χ0) is 11.5. The zero-order valence-electron chi connectivity index (χ0n) is 10.0. The Hall–Kier alpha value is -1.10. The van der Waals surface area contributed by atoms with Gasteiger partial charge in [0.2, 0.25) is 5.89 Å². The van der Waals surface area contributed by atoms with Crippen LogP contribution < -0.4 is 10.6 Å². The van der Waals surface area contributed by atoms with E-state index in [-0.39, 0.29) is 5.92 Å². The van der Waals surface area contributed by atoms with Crippen molar-refractivity contribution >= 4 is 5.95 Å². The second-order valence-corrected chi connectivity index (χ2v) is 4.71. The Morgan fingerprint density at radius 2 is 2.06 bits per heavy atom. The summed E-state index contributed by atoms with van der Waals surface area (Å²) in [5.74, 6) is 2.01. The molecular formula is C11H20N4O. The summed E-state index contributed by atoms with van der Waals surface area (Å²) in [6, 6.07) is 0. The van der Waals surface area contributed by atoms with Crippen molar-refractivity contribution in [3.05, 3.63) is 5.89 Å². The molecule has 1 atom stereocenters. The highest BCUT2D eigenvalue weighted by molar-refractivity contribution is 5.29. The fourth-order valence-electron chi connectivity index (χ4n) is 2.08. The summed E-state index contributed by atoms with van der Waals surface area (Å²) >= 11 is 0. The molecule has 2 rings (SSSR count). The molecule has 1 aromatic rings. The Morgan fingerprint density at radius 3 is 2.62 bits per heavy atom. The smallest absolute Gasteiger partial charge is 0.266 e. The van der Waals surface area contributed by atoms with Gasteiger partial charge in [0.25, 0.3) is 5.95 Å². The molecule has 0 spiro atoms. The lowest BCUT2D eigenvalue weighted by Gasteiger charge is -2.13. The SMILES string of the molecule is CC(C)C(CN)c1nc(N2CCCC2)no1. The molecule has 0 amide bonds. The minimum absolute atomic E-state index is 0.170. The van der Waals surface area contributed by atoms with Gasteiger partial charge in [-0.2, -0.15) is 4.98 Å². The average Bonchev–Trinajstić information content (AvgIpc) is 2.86. The van der Waals surface area contributed by atoms with Crippen LogP contribution in [-0.4, -0.2) is 29.8 Å². The average molecular weight is 224 g/mol. The van der Waals surface area contributed by atoms with Crippen LogP contribution in [0.3, 0.4) is 0 Å². The molecule has 1 aromatic heterocycles. The van der Waals surface area contributed by atoms with Crippen LogP contribution in [0, 0.1) is 5.92 Å². The Morgan fingerprint density at radius 1 is 1.38 bits per heavy atom. The first-order valence-electron chi connectivity index (χ1n) is 6.01. The summed E-state index contributed by atoms with van der Waals surface area (Å²) in [7, 11) is 0. The molecule has 5 nitrogen and oxygen atoms in total. The third-order valence-electron chi connectivity index (χ3n) is 3.20. The molecule has 2 N–H and O–H groups in total. The highest BCUT2D eigenvalue weighted by atomic mass is 16.5. The van der Waals surface area contributed by atoms with Crippen LogP contribution in [-0.2, 0) is 0 Å². The van der Waals surface area contributed by atoms with E-state index in [2.05, 4.69) is 28.9 Å². The normalized spacial score (nSPS) is 18.4. The number of anilines is 1. The van der Waals surface area contributed by atoms with Crippen LogP contribution in [0.4, 0.5) is 5.95 Å². The van der Waals surface area contributed by atoms with Gasteiger partial charge in [-0.05, 0) is 23.9 Å². The summed E-state index contributed by atoms with van der Waals surface area (Å²) in [6.07, 6.45) is 2.43. The fraction of sp³-hybridized carbons (Fsp3) is 0.818. The lowest BCUT2D eigenvalue weighted by molar-refractivity contribution is 0.324. The Balaban J connectivity index is 2.11. The highest BCUT2D eigenvalue weighted by Crippen LogP contribution is 2.24. The van der Waals surface area contributed by atoms with Gasteiger partial charge >= 0.3 is 0 Å². The van der Waals surface area contributed by atoms with Gasteiger partial charge in [-0.25, -0.2) is 0 Å². The molecule has 1 fully saturated rings. The van der Waals surface area contributed by atoms with Gasteiger partial charge in [0, 0.05) is 19.6 Å². The van der Waals surface area contributed by atoms with E-state index in [4.69, 9.17) is 10.3 Å². The van der Waals surface area contributed by atoms with Crippen LogP contribution in [0.5, 0.6) is 0 Å². The predicted octanol–water partition coefficient (Wildman–Crippen LogP) is 1.37. The highest BCUT2D eigenvalue weighted by Gasteiger charge is 2.23. The van der Waals surface area contributed by atoms with Crippen molar-refractivity contribution in [2.45, 2.75) is 32.6 Å². The lowest BCUT2D eigenvalue weighted by Crippen LogP contribution is -2.20. The molecule has 0 radical (unpaired) electrons. The van der Waals surface area contributed by atoms with Crippen molar-refractivity contribution in [3.63, 3.8) is 0 Å². The minimum atomic E-state index is 0.170. The quantitative estimate of drug-likeness (QED) is 0.836. The monoisotopic (exact) mass is 224 g/mol. The number of hydrogen-bond donors (Lipinski definition) is 1. The second kappa shape index (κ2) is 4.82. The van der Waals surface area contributed by atoms with Crippen LogP contribution in [0.25, 0.3) is 0 Å². The number of aromatic nitrogens is 2. The third-order valence-corrected chi connectivity index (χ3v) is 3.20. The first kappa shape index (κ1) is 11.4. The Labute approximate surface area is 96.0 Å². The molecule has 1 aliphatic rings. The predicted molar refractivity (Wildman–Crippen MR) is 62.4 cm³/mol. The maximum absolute atomic E-state index is 5.73. The molecular weight excluding hydrogens is 204 g/mol. The molecule has 1 aliphatic heterocycles. The van der Waals surface area contributed by atoms with Crippen LogP contribution in [0.15, 0.2) is 4.52 Å². The van der Waals surface area contributed by atoms with Gasteiger partial charge < -0.3 is 15.2 Å². The van der Waals surface area contributed by atoms with Crippen LogP contribution in [0.2, 0.25) is 0 Å². The van der Waals surface area contributed by atoms with E-state index in [1.807, 2.05) is 0 Å². The van der Waals surface area contributed by atoms with Crippen LogP contribution >= 0.6 is 0 Å². The molecule has 90 valence electrons. The largest absolute Gasteiger partial charge is 0.338 e. The first-order chi connectivity index (χ1) is 7.72. The van der Waals surface area contributed by atoms with Gasteiger partial charge in [-0.1, -0.05) is 13.8 Å². The van der Waals surface area contributed by atoms with E-state index in [0.29, 0.717) is 18.4 Å². The maximum atomic E-state index is 5.73. The van der Waals surface area contributed by atoms with Gasteiger partial charge in [-0.3, -0.25) is 0 Å². The van der Waals surface area contributed by atoms with E-state index >= 15 is 0 Å². The van der Waals surface area contributed by atoms with Crippen molar-refractivity contribution in [1.29, 1.82) is 0 Å². The number of nitrogens with two attached hydrogens (primary N) is 1. The second-order valence-electron chi connectivity index (χ2n) is 4.71. The molecule has 0 aromatic carbocycles. The molecule has 0 aliphatic carbocycles. The molecule has 2 heterocycles. The van der Waals surface area contributed by atoms with Gasteiger partial charge in [0.1, 0.15) is 0 Å². The van der Waals surface area contributed by atoms with E-state index in [0.717, 1.165) is 19.0 Å². The minimum Gasteiger partial charge on any atom is -0.338 e. The number of nitrogens with zero attached hydrogens (tertiary/aromatic N) is 3. The van der Waals surface area contributed by atoms with Crippen molar-refractivity contribution < 1.29 is 4.52 Å². The van der Waals surface area contributed by atoms with Crippen molar-refractivity contribution in [1.82, 2.24) is 10.1 Å². The fourth-order valence-corrected chi connectivity index (χ4v) is 2.08. The Kier molecular flexibility index (Phi) is 3.43. The summed E-state index contributed by atoms with van der Waals surface area (Å²) < 4.78 is 5.31. The molecule has 5 heteroatoms. The molecule has 1 saturated heterocycles. The van der Waals surface area contributed by atoms with E-state index in [1.54, 1.807) is 0 Å². The third kappa shape index (κ3) is 2.19. The summed E-state index contributed by atoms with van der Waals surface area (Å²) in [6.45, 7) is 6.87. The van der Waals surface area contributed by atoms with Crippen molar-refractivity contribution in [2.24, 2.45) is 11.7 Å². The van der Waals surface area contributed by atoms with E-state index in [9.17, 15) is 0 Å². The maximum Gasteiger partial charge on any atom is 0.266 e. The van der Waals surface area contributed by atoms with Crippen molar-refractivity contribution in [2.75, 3.05) is 24.5 Å². The van der Waals surface area contributed by atoms with Gasteiger partial charge in [0.15, 0.2) is 0 Å². The molecule has 1 unspecified atom stereocenters. The molecule has 16 heavy (non-hydrogen) atoms. The number of hydrogen-bond acceptors (Lipinski definition) is 5. The lowest BCUT2D eigenvalue weighted by atomic mass is 9.96. The number of rotatable bonds is 4. The Bertz CT molecular complexity index is 330. The summed E-state index contributed by atoms with van der Waals surface area (Å²) in [5, 5.41) is 4.03. The zero-order valence-corrected chi connectivity index (χ0v) is 10.0. The van der Waals surface area contributed by atoms with Gasteiger partial charge in [0.05, 0.1) is 5.92 Å². The molecule has 0 saturated carbocycles. The van der Waals surface area contributed by atoms with Crippen LogP contribution in [0.1, 0.15) is 38.5 Å². The standard InChI is InChI=1S/C11H20N4O/c1-8(2)9(7-12)10-13-11(14-16-10)15-5-3-4-6-15/h8-9H,3-7,12H2,1-2H3. The summed E-state index contributed by atoms with van der Waals surface area (Å²) in [4.78, 5) is 6.62. The topological polar surface area (TPSA) is 68.2 Å². The first-order valence-corrected chi connectivity index (χ1v) is 6.01. The van der Waals surface area contributed by atoms with E-state index < -0.39 is 0 Å². The molecule has 0 bridgehead atoms. The van der Waals surface area contributed by atoms with Crippen molar-refractivity contribution in [3.8, 4) is 0 Å². The summed E-state index contributed by atoms with van der Waals surface area (Å²) in [5.41, 5.74) is 5.73.